The fraction of sp³-hybridized carbons (Fsp3) is 0.556. The van der Waals surface area contributed by atoms with Crippen LogP contribution in [0.4, 0.5) is 0 Å². The summed E-state index contributed by atoms with van der Waals surface area (Å²) in [5.74, 6) is 0.629. The Hall–Kier alpha value is -1.08. The summed E-state index contributed by atoms with van der Waals surface area (Å²) in [4.78, 5) is 0. The zero-order valence-corrected chi connectivity index (χ0v) is 12.0. The molecule has 104 valence electrons. The largest absolute Gasteiger partial charge is 0.392 e. The second kappa shape index (κ2) is 7.49. The molecule has 0 spiro atoms. The molecule has 1 heteroatoms. The second-order valence-electron chi connectivity index (χ2n) is 5.66. The van der Waals surface area contributed by atoms with Crippen molar-refractivity contribution in [2.45, 2.75) is 57.5 Å². The van der Waals surface area contributed by atoms with Gasteiger partial charge in [-0.3, -0.25) is 0 Å². The standard InChI is InChI=1S/C18H26O/c1-2-3-14-17(15-10-6-4-7-11-15)18(19)16-12-8-5-9-13-16/h3-4,6-7,10-11,14,16-19H,2,5,8-9,12-13H2,1H3/b14-3-/t17-,18-/m0/s1. The Balaban J connectivity index is 2.14. The summed E-state index contributed by atoms with van der Waals surface area (Å²) in [6.45, 7) is 2.14. The summed E-state index contributed by atoms with van der Waals surface area (Å²) in [7, 11) is 0. The van der Waals surface area contributed by atoms with Gasteiger partial charge >= 0.3 is 0 Å². The molecule has 1 aliphatic rings. The Labute approximate surface area is 117 Å². The van der Waals surface area contributed by atoms with E-state index in [1.54, 1.807) is 0 Å². The molecule has 1 saturated carbocycles. The first-order chi connectivity index (χ1) is 9.33. The van der Waals surface area contributed by atoms with E-state index in [0.717, 1.165) is 6.42 Å². The zero-order valence-electron chi connectivity index (χ0n) is 12.0. The van der Waals surface area contributed by atoms with Crippen LogP contribution >= 0.6 is 0 Å². The highest BCUT2D eigenvalue weighted by Gasteiger charge is 2.28. The molecule has 1 aliphatic carbocycles. The molecule has 1 nitrogen and oxygen atoms in total. The van der Waals surface area contributed by atoms with Crippen LogP contribution in [0.2, 0.25) is 0 Å². The summed E-state index contributed by atoms with van der Waals surface area (Å²) in [6, 6.07) is 10.4. The summed E-state index contributed by atoms with van der Waals surface area (Å²) >= 11 is 0. The molecule has 2 atom stereocenters. The molecule has 0 saturated heterocycles. The van der Waals surface area contributed by atoms with Crippen molar-refractivity contribution in [3.05, 3.63) is 48.0 Å². The predicted molar refractivity (Wildman–Crippen MR) is 81.2 cm³/mol. The van der Waals surface area contributed by atoms with Crippen LogP contribution < -0.4 is 0 Å². The van der Waals surface area contributed by atoms with Crippen LogP contribution in [0, 0.1) is 5.92 Å². The lowest BCUT2D eigenvalue weighted by Crippen LogP contribution is -2.28. The molecule has 1 aromatic carbocycles. The Kier molecular flexibility index (Phi) is 5.65. The van der Waals surface area contributed by atoms with E-state index in [1.807, 2.05) is 6.07 Å². The Morgan fingerprint density at radius 1 is 1.16 bits per heavy atom. The maximum Gasteiger partial charge on any atom is 0.0671 e. The van der Waals surface area contributed by atoms with Gasteiger partial charge < -0.3 is 5.11 Å². The first-order valence-corrected chi connectivity index (χ1v) is 7.72. The van der Waals surface area contributed by atoms with Crippen molar-refractivity contribution in [2.75, 3.05) is 0 Å². The molecule has 0 aliphatic heterocycles. The van der Waals surface area contributed by atoms with E-state index in [0.29, 0.717) is 5.92 Å². The van der Waals surface area contributed by atoms with Gasteiger partial charge in [0.1, 0.15) is 0 Å². The minimum Gasteiger partial charge on any atom is -0.392 e. The zero-order chi connectivity index (χ0) is 13.5. The molecule has 0 amide bonds. The monoisotopic (exact) mass is 258 g/mol. The van der Waals surface area contributed by atoms with Crippen molar-refractivity contribution in [3.8, 4) is 0 Å². The minimum atomic E-state index is -0.231. The van der Waals surface area contributed by atoms with E-state index >= 15 is 0 Å². The molecule has 0 radical (unpaired) electrons. The number of allylic oxidation sites excluding steroid dienone is 1. The molecule has 0 unspecified atom stereocenters. The van der Waals surface area contributed by atoms with Gasteiger partial charge in [0, 0.05) is 5.92 Å². The maximum atomic E-state index is 10.8. The molecule has 1 N–H and O–H groups in total. The number of hydrogen-bond donors (Lipinski definition) is 1. The first kappa shape index (κ1) is 14.3. The molecule has 0 heterocycles. The molecule has 2 rings (SSSR count). The molecule has 0 bridgehead atoms. The van der Waals surface area contributed by atoms with Crippen LogP contribution in [-0.4, -0.2) is 11.2 Å². The highest BCUT2D eigenvalue weighted by molar-refractivity contribution is 5.25. The quantitative estimate of drug-likeness (QED) is 0.760. The lowest BCUT2D eigenvalue weighted by Gasteiger charge is -2.31. The lowest BCUT2D eigenvalue weighted by molar-refractivity contribution is 0.0725. The number of hydrogen-bond acceptors (Lipinski definition) is 1. The number of aliphatic hydroxyl groups is 1. The average molecular weight is 258 g/mol. The average Bonchev–Trinajstić information content (AvgIpc) is 2.49. The number of rotatable bonds is 5. The van der Waals surface area contributed by atoms with Gasteiger partial charge in [-0.25, -0.2) is 0 Å². The van der Waals surface area contributed by atoms with Crippen LogP contribution in [0.3, 0.4) is 0 Å². The fourth-order valence-corrected chi connectivity index (χ4v) is 3.15. The highest BCUT2D eigenvalue weighted by atomic mass is 16.3. The van der Waals surface area contributed by atoms with Crippen molar-refractivity contribution in [2.24, 2.45) is 5.92 Å². The van der Waals surface area contributed by atoms with Crippen molar-refractivity contribution in [1.29, 1.82) is 0 Å². The maximum absolute atomic E-state index is 10.8. The third-order valence-corrected chi connectivity index (χ3v) is 4.26. The molecular formula is C18H26O. The summed E-state index contributed by atoms with van der Waals surface area (Å²) in [6.07, 6.45) is 11.4. The minimum absolute atomic E-state index is 0.157. The normalized spacial score (nSPS) is 20.5. The Morgan fingerprint density at radius 3 is 2.47 bits per heavy atom. The highest BCUT2D eigenvalue weighted by Crippen LogP contribution is 2.34. The SMILES string of the molecule is CC/C=C\[C@@H](c1ccccc1)[C@@H](O)C1CCCCC1. The van der Waals surface area contributed by atoms with E-state index in [4.69, 9.17) is 0 Å². The molecule has 0 aromatic heterocycles. The van der Waals surface area contributed by atoms with Gasteiger partial charge in [-0.05, 0) is 30.7 Å². The smallest absolute Gasteiger partial charge is 0.0671 e. The fourth-order valence-electron chi connectivity index (χ4n) is 3.15. The van der Waals surface area contributed by atoms with Crippen LogP contribution in [0.25, 0.3) is 0 Å². The Morgan fingerprint density at radius 2 is 1.84 bits per heavy atom. The van der Waals surface area contributed by atoms with Crippen LogP contribution in [0.5, 0.6) is 0 Å². The van der Waals surface area contributed by atoms with E-state index in [-0.39, 0.29) is 12.0 Å². The summed E-state index contributed by atoms with van der Waals surface area (Å²) < 4.78 is 0. The van der Waals surface area contributed by atoms with Crippen LogP contribution in [0.15, 0.2) is 42.5 Å². The second-order valence-corrected chi connectivity index (χ2v) is 5.66. The van der Waals surface area contributed by atoms with E-state index in [9.17, 15) is 5.11 Å². The number of aliphatic hydroxyl groups excluding tert-OH is 1. The van der Waals surface area contributed by atoms with Gasteiger partial charge in [-0.15, -0.1) is 0 Å². The van der Waals surface area contributed by atoms with E-state index in [2.05, 4.69) is 43.3 Å². The topological polar surface area (TPSA) is 20.2 Å². The Bertz CT molecular complexity index is 376. The summed E-state index contributed by atoms with van der Waals surface area (Å²) in [5.41, 5.74) is 1.24. The van der Waals surface area contributed by atoms with E-state index in [1.165, 1.54) is 37.7 Å². The van der Waals surface area contributed by atoms with Gasteiger partial charge in [-0.1, -0.05) is 68.7 Å². The summed E-state index contributed by atoms with van der Waals surface area (Å²) in [5, 5.41) is 10.8. The third-order valence-electron chi connectivity index (χ3n) is 4.26. The van der Waals surface area contributed by atoms with Crippen LogP contribution in [-0.2, 0) is 0 Å². The van der Waals surface area contributed by atoms with Gasteiger partial charge in [0.05, 0.1) is 6.10 Å². The molecule has 1 fully saturated rings. The molecular weight excluding hydrogens is 232 g/mol. The van der Waals surface area contributed by atoms with Crippen molar-refractivity contribution < 1.29 is 5.11 Å². The van der Waals surface area contributed by atoms with Gasteiger partial charge in [0.15, 0.2) is 0 Å². The molecule has 1 aromatic rings. The van der Waals surface area contributed by atoms with Gasteiger partial charge in [0.25, 0.3) is 0 Å². The molecule has 19 heavy (non-hydrogen) atoms. The van der Waals surface area contributed by atoms with Crippen LogP contribution in [0.1, 0.15) is 56.9 Å². The van der Waals surface area contributed by atoms with Crippen molar-refractivity contribution in [3.63, 3.8) is 0 Å². The lowest BCUT2D eigenvalue weighted by atomic mass is 9.78. The van der Waals surface area contributed by atoms with Gasteiger partial charge in [-0.2, -0.15) is 0 Å². The van der Waals surface area contributed by atoms with E-state index < -0.39 is 0 Å². The predicted octanol–water partition coefficient (Wildman–Crippen LogP) is 4.68. The van der Waals surface area contributed by atoms with Crippen molar-refractivity contribution >= 4 is 0 Å². The van der Waals surface area contributed by atoms with Gasteiger partial charge in [0.2, 0.25) is 0 Å². The number of benzene rings is 1. The van der Waals surface area contributed by atoms with Crippen molar-refractivity contribution in [1.82, 2.24) is 0 Å². The third kappa shape index (κ3) is 3.94. The first-order valence-electron chi connectivity index (χ1n) is 7.72.